The predicted molar refractivity (Wildman–Crippen MR) is 108 cm³/mol. The summed E-state index contributed by atoms with van der Waals surface area (Å²) in [6.07, 6.45) is -0.902. The van der Waals surface area contributed by atoms with Crippen LogP contribution in [-0.2, 0) is 0 Å². The van der Waals surface area contributed by atoms with Gasteiger partial charge < -0.3 is 30.3 Å². The third kappa shape index (κ3) is 5.28. The van der Waals surface area contributed by atoms with Gasteiger partial charge in [-0.05, 0) is 43.3 Å². The van der Waals surface area contributed by atoms with E-state index in [1.807, 2.05) is 12.1 Å². The lowest BCUT2D eigenvalue weighted by molar-refractivity contribution is 0.142. The van der Waals surface area contributed by atoms with Crippen molar-refractivity contribution in [1.29, 1.82) is 0 Å². The Labute approximate surface area is 167 Å². The fourth-order valence-corrected chi connectivity index (χ4v) is 3.08. The van der Waals surface area contributed by atoms with Gasteiger partial charge in [-0.25, -0.2) is 14.0 Å². The highest BCUT2D eigenvalue weighted by molar-refractivity contribution is 6.00. The number of benzene rings is 2. The molecule has 1 fully saturated rings. The van der Waals surface area contributed by atoms with Crippen LogP contribution < -0.4 is 20.3 Å². The van der Waals surface area contributed by atoms with Gasteiger partial charge in [0.1, 0.15) is 11.6 Å². The summed E-state index contributed by atoms with van der Waals surface area (Å²) in [4.78, 5) is 26.7. The number of piperazine rings is 1. The summed E-state index contributed by atoms with van der Waals surface area (Å²) in [7, 11) is 0. The van der Waals surface area contributed by atoms with Crippen LogP contribution in [0.4, 0.5) is 31.0 Å². The third-order valence-electron chi connectivity index (χ3n) is 4.53. The van der Waals surface area contributed by atoms with Crippen LogP contribution in [-0.4, -0.2) is 54.9 Å². The number of amides is 3. The fourth-order valence-electron chi connectivity index (χ4n) is 3.08. The zero-order valence-electron chi connectivity index (χ0n) is 16.0. The number of rotatable bonds is 5. The van der Waals surface area contributed by atoms with Crippen molar-refractivity contribution in [3.8, 4) is 5.75 Å². The highest BCUT2D eigenvalue weighted by atomic mass is 19.1. The summed E-state index contributed by atoms with van der Waals surface area (Å²) in [6, 6.07) is 10.7. The van der Waals surface area contributed by atoms with Crippen LogP contribution in [0.1, 0.15) is 6.92 Å². The molecule has 154 valence electrons. The summed E-state index contributed by atoms with van der Waals surface area (Å²) in [5, 5.41) is 14.3. The highest BCUT2D eigenvalue weighted by Gasteiger charge is 2.20. The minimum atomic E-state index is -0.902. The molecule has 0 unspecified atom stereocenters. The molecule has 29 heavy (non-hydrogen) atoms. The van der Waals surface area contributed by atoms with Crippen molar-refractivity contribution in [2.24, 2.45) is 0 Å². The van der Waals surface area contributed by atoms with Crippen LogP contribution in [0.5, 0.6) is 5.75 Å². The molecule has 0 aromatic heterocycles. The van der Waals surface area contributed by atoms with Gasteiger partial charge in [0.05, 0.1) is 12.3 Å². The Hall–Kier alpha value is -3.49. The first-order chi connectivity index (χ1) is 14.0. The van der Waals surface area contributed by atoms with Crippen LogP contribution in [0.15, 0.2) is 42.5 Å². The average Bonchev–Trinajstić information content (AvgIpc) is 2.71. The molecule has 0 atom stereocenters. The molecule has 2 aromatic rings. The number of ether oxygens (including phenoxy) is 1. The second-order valence-electron chi connectivity index (χ2n) is 6.46. The number of urea groups is 1. The zero-order valence-corrected chi connectivity index (χ0v) is 16.0. The first-order valence-corrected chi connectivity index (χ1v) is 9.29. The van der Waals surface area contributed by atoms with Gasteiger partial charge in [0.25, 0.3) is 0 Å². The van der Waals surface area contributed by atoms with Gasteiger partial charge in [0.2, 0.25) is 0 Å². The minimum Gasteiger partial charge on any atom is -0.492 e. The van der Waals surface area contributed by atoms with Crippen molar-refractivity contribution in [2.45, 2.75) is 6.92 Å². The van der Waals surface area contributed by atoms with Gasteiger partial charge in [-0.1, -0.05) is 0 Å². The monoisotopic (exact) mass is 402 g/mol. The number of hydrogen-bond acceptors (Lipinski definition) is 4. The maximum absolute atomic E-state index is 13.5. The van der Waals surface area contributed by atoms with Gasteiger partial charge in [-0.2, -0.15) is 0 Å². The molecule has 0 aliphatic carbocycles. The van der Waals surface area contributed by atoms with Gasteiger partial charge in [0, 0.05) is 43.6 Å². The van der Waals surface area contributed by atoms with Crippen LogP contribution in [0.3, 0.4) is 0 Å². The maximum Gasteiger partial charge on any atom is 0.407 e. The molecule has 9 heteroatoms. The van der Waals surface area contributed by atoms with Crippen molar-refractivity contribution in [2.75, 3.05) is 48.3 Å². The van der Waals surface area contributed by atoms with Gasteiger partial charge in [-0.3, -0.25) is 0 Å². The van der Waals surface area contributed by atoms with E-state index in [0.29, 0.717) is 44.2 Å². The SMILES string of the molecule is CCOc1ccc(F)cc1NC(=O)Nc1ccc(N2CCN(C(=O)O)CC2)cc1. The molecule has 3 amide bonds. The number of carboxylic acid groups (broad SMARTS) is 1. The molecule has 0 spiro atoms. The Bertz CT molecular complexity index is 867. The first kappa shape index (κ1) is 20.2. The highest BCUT2D eigenvalue weighted by Crippen LogP contribution is 2.26. The lowest BCUT2D eigenvalue weighted by Crippen LogP contribution is -2.48. The van der Waals surface area contributed by atoms with E-state index in [0.717, 1.165) is 5.69 Å². The largest absolute Gasteiger partial charge is 0.492 e. The Morgan fingerprint density at radius 2 is 1.76 bits per heavy atom. The Balaban J connectivity index is 1.58. The number of nitrogens with one attached hydrogen (secondary N) is 2. The fraction of sp³-hybridized carbons (Fsp3) is 0.300. The molecule has 0 saturated carbocycles. The van der Waals surface area contributed by atoms with Gasteiger partial charge >= 0.3 is 12.1 Å². The third-order valence-corrected chi connectivity index (χ3v) is 4.53. The lowest BCUT2D eigenvalue weighted by atomic mass is 10.2. The van der Waals surface area contributed by atoms with Gasteiger partial charge in [0.15, 0.2) is 0 Å². The van der Waals surface area contributed by atoms with E-state index >= 15 is 0 Å². The molecule has 1 saturated heterocycles. The quantitative estimate of drug-likeness (QED) is 0.710. The molecule has 2 aromatic carbocycles. The standard InChI is InChI=1S/C20H23FN4O4/c1-2-29-18-8-3-14(21)13-17(18)23-19(26)22-15-4-6-16(7-5-15)24-9-11-25(12-10-24)20(27)28/h3-8,13H,2,9-12H2,1H3,(H,27,28)(H2,22,23,26). The zero-order chi connectivity index (χ0) is 20.8. The number of hydrogen-bond donors (Lipinski definition) is 3. The summed E-state index contributed by atoms with van der Waals surface area (Å²) >= 11 is 0. The van der Waals surface area contributed by atoms with E-state index in [-0.39, 0.29) is 5.69 Å². The summed E-state index contributed by atoms with van der Waals surface area (Å²) < 4.78 is 18.9. The molecular formula is C20H23FN4O4. The van der Waals surface area contributed by atoms with Crippen LogP contribution in [0, 0.1) is 5.82 Å². The Morgan fingerprint density at radius 3 is 2.38 bits per heavy atom. The van der Waals surface area contributed by atoms with Crippen molar-refractivity contribution >= 4 is 29.2 Å². The second kappa shape index (κ2) is 9.13. The number of nitrogens with zero attached hydrogens (tertiary/aromatic N) is 2. The normalized spacial score (nSPS) is 13.7. The maximum atomic E-state index is 13.5. The van der Waals surface area contributed by atoms with E-state index in [9.17, 15) is 14.0 Å². The Morgan fingerprint density at radius 1 is 1.07 bits per heavy atom. The number of carbonyl (C=O) groups is 2. The molecule has 1 aliphatic heterocycles. The number of halogens is 1. The minimum absolute atomic E-state index is 0.247. The first-order valence-electron chi connectivity index (χ1n) is 9.29. The topological polar surface area (TPSA) is 94.1 Å². The van der Waals surface area contributed by atoms with E-state index in [2.05, 4.69) is 15.5 Å². The molecule has 1 heterocycles. The Kier molecular flexibility index (Phi) is 6.38. The van der Waals surface area contributed by atoms with E-state index in [4.69, 9.17) is 9.84 Å². The smallest absolute Gasteiger partial charge is 0.407 e. The van der Waals surface area contributed by atoms with Crippen LogP contribution in [0.25, 0.3) is 0 Å². The molecule has 0 bridgehead atoms. The number of carbonyl (C=O) groups excluding carboxylic acids is 1. The number of anilines is 3. The van der Waals surface area contributed by atoms with Crippen LogP contribution >= 0.6 is 0 Å². The van der Waals surface area contributed by atoms with Crippen molar-refractivity contribution in [3.05, 3.63) is 48.3 Å². The van der Waals surface area contributed by atoms with Crippen molar-refractivity contribution < 1.29 is 23.8 Å². The van der Waals surface area contributed by atoms with E-state index < -0.39 is 17.9 Å². The lowest BCUT2D eigenvalue weighted by Gasteiger charge is -2.34. The molecule has 3 N–H and O–H groups in total. The van der Waals surface area contributed by atoms with Crippen molar-refractivity contribution in [3.63, 3.8) is 0 Å². The molecular weight excluding hydrogens is 379 g/mol. The average molecular weight is 402 g/mol. The molecule has 3 rings (SSSR count). The molecule has 8 nitrogen and oxygen atoms in total. The van der Waals surface area contributed by atoms with E-state index in [1.165, 1.54) is 23.1 Å². The molecule has 0 radical (unpaired) electrons. The molecule has 1 aliphatic rings. The second-order valence-corrected chi connectivity index (χ2v) is 6.46. The summed E-state index contributed by atoms with van der Waals surface area (Å²) in [5.41, 5.74) is 1.77. The summed E-state index contributed by atoms with van der Waals surface area (Å²) in [5.74, 6) is -0.0870. The van der Waals surface area contributed by atoms with Crippen LogP contribution in [0.2, 0.25) is 0 Å². The summed E-state index contributed by atoms with van der Waals surface area (Å²) in [6.45, 7) is 4.32. The predicted octanol–water partition coefficient (Wildman–Crippen LogP) is 3.67. The van der Waals surface area contributed by atoms with Crippen molar-refractivity contribution in [1.82, 2.24) is 4.90 Å². The van der Waals surface area contributed by atoms with E-state index in [1.54, 1.807) is 19.1 Å². The van der Waals surface area contributed by atoms with Gasteiger partial charge in [-0.15, -0.1) is 0 Å².